The first-order valence-electron chi connectivity index (χ1n) is 16.3. The summed E-state index contributed by atoms with van der Waals surface area (Å²) < 4.78 is 16.3. The van der Waals surface area contributed by atoms with E-state index >= 15 is 0 Å². The minimum atomic E-state index is -0.0271. The Morgan fingerprint density at radius 1 is 0.596 bits per heavy atom. The number of para-hydroxylation sites is 4. The van der Waals surface area contributed by atoms with Gasteiger partial charge in [-0.15, -0.1) is 0 Å². The molecule has 3 aliphatic rings. The van der Waals surface area contributed by atoms with Crippen LogP contribution in [0.5, 0.6) is 23.0 Å². The third kappa shape index (κ3) is 3.96. The van der Waals surface area contributed by atoms with Crippen molar-refractivity contribution in [3.05, 3.63) is 152 Å². The van der Waals surface area contributed by atoms with Gasteiger partial charge < -0.3 is 18.9 Å². The molecule has 0 fully saturated rings. The van der Waals surface area contributed by atoms with Crippen LogP contribution in [0.2, 0.25) is 0 Å². The first-order valence-corrected chi connectivity index (χ1v) is 16.3. The summed E-state index contributed by atoms with van der Waals surface area (Å²) in [6.07, 6.45) is 8.64. The second-order valence-electron chi connectivity index (χ2n) is 12.4. The Morgan fingerprint density at radius 3 is 2.11 bits per heavy atom. The number of rotatable bonds is 4. The lowest BCUT2D eigenvalue weighted by molar-refractivity contribution is 0.468. The van der Waals surface area contributed by atoms with Crippen LogP contribution >= 0.6 is 0 Å². The molecule has 2 aliphatic heterocycles. The number of aromatic nitrogens is 1. The Morgan fingerprint density at radius 2 is 1.32 bits per heavy atom. The summed E-state index contributed by atoms with van der Waals surface area (Å²) in [6, 6.07) is 47.1. The fraction of sp³-hybridized carbons (Fsp3) is 0.0476. The molecular formula is C42H29BN2O2. The van der Waals surface area contributed by atoms with Gasteiger partial charge in [0.2, 0.25) is 0 Å². The summed E-state index contributed by atoms with van der Waals surface area (Å²) in [4.78, 5) is 2.29. The van der Waals surface area contributed by atoms with Crippen LogP contribution in [0.1, 0.15) is 12.8 Å². The Kier molecular flexibility index (Phi) is 5.76. The van der Waals surface area contributed by atoms with Crippen molar-refractivity contribution in [2.24, 2.45) is 0 Å². The van der Waals surface area contributed by atoms with Gasteiger partial charge in [0.1, 0.15) is 17.2 Å². The lowest BCUT2D eigenvalue weighted by atomic mass is 9.35. The van der Waals surface area contributed by atoms with Crippen LogP contribution in [-0.4, -0.2) is 11.3 Å². The van der Waals surface area contributed by atoms with Crippen LogP contribution in [0, 0.1) is 0 Å². The van der Waals surface area contributed by atoms with Gasteiger partial charge in [-0.3, -0.25) is 0 Å². The number of nitrogens with zero attached hydrogens (tertiary/aromatic N) is 2. The van der Waals surface area contributed by atoms with Gasteiger partial charge in [-0.25, -0.2) is 0 Å². The molecule has 0 spiro atoms. The van der Waals surface area contributed by atoms with Crippen LogP contribution in [0.4, 0.5) is 17.1 Å². The van der Waals surface area contributed by atoms with Crippen molar-refractivity contribution in [3.63, 3.8) is 0 Å². The van der Waals surface area contributed by atoms with Gasteiger partial charge in [0.15, 0.2) is 5.75 Å². The molecule has 0 bridgehead atoms. The molecule has 1 aliphatic carbocycles. The van der Waals surface area contributed by atoms with E-state index in [4.69, 9.17) is 9.47 Å². The molecule has 10 rings (SSSR count). The maximum Gasteiger partial charge on any atom is 0.260 e. The summed E-state index contributed by atoms with van der Waals surface area (Å²) in [5, 5.41) is 2.33. The molecule has 6 aromatic carbocycles. The monoisotopic (exact) mass is 604 g/mol. The average Bonchev–Trinajstić information content (AvgIpc) is 3.47. The summed E-state index contributed by atoms with van der Waals surface area (Å²) in [6.45, 7) is -0.0271. The number of anilines is 3. The second-order valence-corrected chi connectivity index (χ2v) is 12.4. The van der Waals surface area contributed by atoms with Gasteiger partial charge in [-0.2, -0.15) is 0 Å². The molecule has 0 saturated carbocycles. The molecule has 0 atom stereocenters. The molecular weight excluding hydrogens is 575 g/mol. The minimum absolute atomic E-state index is 0.0271. The van der Waals surface area contributed by atoms with E-state index in [9.17, 15) is 0 Å². The predicted octanol–water partition coefficient (Wildman–Crippen LogP) is 9.18. The Hall–Kier alpha value is -5.94. The highest BCUT2D eigenvalue weighted by atomic mass is 16.5. The van der Waals surface area contributed by atoms with Crippen molar-refractivity contribution in [3.8, 4) is 23.0 Å². The van der Waals surface area contributed by atoms with Gasteiger partial charge in [0, 0.05) is 45.1 Å². The van der Waals surface area contributed by atoms with Gasteiger partial charge in [-0.05, 0) is 78.4 Å². The Labute approximate surface area is 273 Å². The maximum atomic E-state index is 7.20. The quantitative estimate of drug-likeness (QED) is 0.188. The first-order chi connectivity index (χ1) is 23.3. The highest BCUT2D eigenvalue weighted by Crippen LogP contribution is 2.46. The van der Waals surface area contributed by atoms with Crippen molar-refractivity contribution in [2.75, 3.05) is 4.90 Å². The van der Waals surface area contributed by atoms with E-state index in [1.165, 1.54) is 16.6 Å². The van der Waals surface area contributed by atoms with Crippen molar-refractivity contribution in [2.45, 2.75) is 12.8 Å². The third-order valence-electron chi connectivity index (χ3n) is 9.74. The van der Waals surface area contributed by atoms with Crippen molar-refractivity contribution < 1.29 is 9.47 Å². The summed E-state index contributed by atoms with van der Waals surface area (Å²) in [7, 11) is 0. The molecule has 0 unspecified atom stereocenters. The SMILES string of the molecule is C1=CCCC(n2c3ccccc3c3cc4c5c(c32)Oc2cc(N(c3ccccc3)c3ccccc3)ccc2B5c2ccccc2O4)=C1. The Bertz CT molecular complexity index is 2390. The van der Waals surface area contributed by atoms with E-state index in [-0.39, 0.29) is 6.71 Å². The minimum Gasteiger partial charge on any atom is -0.458 e. The highest BCUT2D eigenvalue weighted by Gasteiger charge is 2.42. The van der Waals surface area contributed by atoms with Crippen LogP contribution in [-0.2, 0) is 0 Å². The van der Waals surface area contributed by atoms with E-state index < -0.39 is 0 Å². The van der Waals surface area contributed by atoms with Gasteiger partial charge in [0.05, 0.1) is 11.0 Å². The highest BCUT2D eigenvalue weighted by molar-refractivity contribution is 6.98. The number of hydrogen-bond donors (Lipinski definition) is 0. The number of hydrogen-bond acceptors (Lipinski definition) is 3. The fourth-order valence-corrected chi connectivity index (χ4v) is 7.73. The standard InChI is InChI=1S/C42H29BN2O2/c1-4-14-28(15-5-1)44(29-16-6-2-7-17-29)31-24-25-35-38(26-31)47-42-40-39(46-37-23-13-11-21-34(37)43(35)40)27-33-32-20-10-12-22-36(32)45(41(33)42)30-18-8-3-9-19-30/h1-8,10-18,20-27H,9,19H2. The summed E-state index contributed by atoms with van der Waals surface area (Å²) in [5.74, 6) is 3.49. The smallest absolute Gasteiger partial charge is 0.260 e. The molecule has 0 saturated heterocycles. The van der Waals surface area contributed by atoms with Crippen molar-refractivity contribution in [1.29, 1.82) is 0 Å². The lowest BCUT2D eigenvalue weighted by Gasteiger charge is -2.34. The maximum absolute atomic E-state index is 7.20. The molecule has 4 nitrogen and oxygen atoms in total. The lowest BCUT2D eigenvalue weighted by Crippen LogP contribution is -2.57. The zero-order valence-electron chi connectivity index (χ0n) is 25.6. The molecule has 0 radical (unpaired) electrons. The predicted molar refractivity (Wildman–Crippen MR) is 194 cm³/mol. The molecule has 0 N–H and O–H groups in total. The average molecular weight is 605 g/mol. The number of allylic oxidation sites excluding steroid dienone is 4. The normalized spacial score (nSPS) is 14.1. The molecule has 1 aromatic heterocycles. The van der Waals surface area contributed by atoms with Crippen LogP contribution in [0.15, 0.2) is 152 Å². The topological polar surface area (TPSA) is 26.6 Å². The number of fused-ring (bicyclic) bond motifs is 8. The van der Waals surface area contributed by atoms with Crippen molar-refractivity contribution in [1.82, 2.24) is 4.57 Å². The number of benzene rings is 6. The van der Waals surface area contributed by atoms with Gasteiger partial charge >= 0.3 is 0 Å². The molecule has 3 heterocycles. The van der Waals surface area contributed by atoms with E-state index in [2.05, 4.69) is 161 Å². The fourth-order valence-electron chi connectivity index (χ4n) is 7.73. The van der Waals surface area contributed by atoms with E-state index in [1.54, 1.807) is 0 Å². The van der Waals surface area contributed by atoms with Gasteiger partial charge in [-0.1, -0.05) is 91.0 Å². The zero-order valence-corrected chi connectivity index (χ0v) is 25.6. The van der Waals surface area contributed by atoms with E-state index in [0.717, 1.165) is 80.2 Å². The largest absolute Gasteiger partial charge is 0.458 e. The second kappa shape index (κ2) is 10.3. The van der Waals surface area contributed by atoms with Crippen LogP contribution < -0.4 is 30.8 Å². The Balaban J connectivity index is 1.26. The first kappa shape index (κ1) is 26.3. The van der Waals surface area contributed by atoms with Gasteiger partial charge in [0.25, 0.3) is 6.71 Å². The summed E-state index contributed by atoms with van der Waals surface area (Å²) in [5.41, 5.74) is 10.2. The van der Waals surface area contributed by atoms with E-state index in [1.807, 2.05) is 0 Å². The van der Waals surface area contributed by atoms with Crippen molar-refractivity contribution >= 4 is 67.7 Å². The van der Waals surface area contributed by atoms with Crippen LogP contribution in [0.3, 0.4) is 0 Å². The van der Waals surface area contributed by atoms with E-state index in [0.29, 0.717) is 0 Å². The molecule has 5 heteroatoms. The molecule has 47 heavy (non-hydrogen) atoms. The third-order valence-corrected chi connectivity index (χ3v) is 9.74. The molecule has 7 aromatic rings. The van der Waals surface area contributed by atoms with Crippen LogP contribution in [0.25, 0.3) is 27.5 Å². The summed E-state index contributed by atoms with van der Waals surface area (Å²) >= 11 is 0. The number of ether oxygens (including phenoxy) is 2. The molecule has 222 valence electrons. The zero-order chi connectivity index (χ0) is 30.9. The molecule has 0 amide bonds.